The zero-order valence-corrected chi connectivity index (χ0v) is 20.9. The molecule has 0 aliphatic rings. The van der Waals surface area contributed by atoms with Gasteiger partial charge in [0.05, 0.1) is 10.8 Å². The Morgan fingerprint density at radius 3 is 1.21 bits per heavy atom. The molecule has 0 saturated heterocycles. The molecule has 3 aromatic rings. The zero-order chi connectivity index (χ0) is 29.8. The Morgan fingerprint density at radius 1 is 0.462 bits per heavy atom. The molecule has 0 N–H and O–H groups in total. The monoisotopic (exact) mass is 571 g/mol. The van der Waals surface area contributed by atoms with Gasteiger partial charge in [0, 0.05) is 11.1 Å². The lowest BCUT2D eigenvalue weighted by molar-refractivity contribution is 0.349. The predicted octanol–water partition coefficient (Wildman–Crippen LogP) is 8.94. The minimum Gasteiger partial charge on any atom is -0.206 e. The van der Waals surface area contributed by atoms with E-state index >= 15 is 13.2 Å². The molecule has 0 spiro atoms. The van der Waals surface area contributed by atoms with Crippen LogP contribution in [0.2, 0.25) is 0 Å². The molecule has 3 aromatic carbocycles. The van der Waals surface area contributed by atoms with Crippen LogP contribution in [0.15, 0.2) is 0 Å². The van der Waals surface area contributed by atoms with Gasteiger partial charge in [0.25, 0.3) is 0 Å². The molecule has 211 valence electrons. The molecule has 0 nitrogen and oxygen atoms in total. The molecule has 0 aliphatic heterocycles. The lowest BCUT2D eigenvalue weighted by Crippen LogP contribution is -2.47. The van der Waals surface area contributed by atoms with E-state index in [0.717, 1.165) is 14.2 Å². The highest BCUT2D eigenvalue weighted by atomic mass is 19.2. The molecule has 0 saturated carbocycles. The first kappa shape index (κ1) is 30.7. The normalized spacial score (nSPS) is 13.7. The van der Waals surface area contributed by atoms with E-state index in [1.165, 1.54) is 20.8 Å². The molecule has 0 aliphatic carbocycles. The van der Waals surface area contributed by atoms with Gasteiger partial charge in [0.15, 0.2) is 58.2 Å². The summed E-state index contributed by atoms with van der Waals surface area (Å²) in [7, 11) is 0.864. The van der Waals surface area contributed by atoms with Gasteiger partial charge < -0.3 is 0 Å². The van der Waals surface area contributed by atoms with E-state index in [1.54, 1.807) is 0 Å². The van der Waals surface area contributed by atoms with Crippen molar-refractivity contribution in [2.45, 2.75) is 64.0 Å². The molecule has 39 heavy (non-hydrogen) atoms. The molecule has 1 atom stereocenters. The summed E-state index contributed by atoms with van der Waals surface area (Å²) < 4.78 is 175. The Hall–Kier alpha value is -2.86. The number of halogens is 12. The maximum atomic E-state index is 15.8. The highest BCUT2D eigenvalue weighted by Crippen LogP contribution is 2.46. The van der Waals surface area contributed by atoms with E-state index in [4.69, 9.17) is 0 Å². The molecule has 1 radical (unpaired) electrons. The SMILES string of the molecule is CCCC(C)([B]C(CC)(CC)c1c(F)c(F)c(F)c(F)c1F)c1c(F)c(F)c2c(F)c(F)c(F)c(F)c2c1F. The summed E-state index contributed by atoms with van der Waals surface area (Å²) in [6, 6.07) is 0. The van der Waals surface area contributed by atoms with Crippen molar-refractivity contribution < 1.29 is 52.7 Å². The second-order valence-corrected chi connectivity index (χ2v) is 9.44. The van der Waals surface area contributed by atoms with E-state index in [0.29, 0.717) is 0 Å². The molecule has 3 rings (SSSR count). The molecular weight excluding hydrogens is 551 g/mol. The third-order valence-corrected chi connectivity index (χ3v) is 7.24. The molecular formula is C26H20BF12. The number of hydrogen-bond donors (Lipinski definition) is 0. The van der Waals surface area contributed by atoms with Crippen LogP contribution < -0.4 is 0 Å². The highest BCUT2D eigenvalue weighted by molar-refractivity contribution is 6.44. The van der Waals surface area contributed by atoms with Crippen molar-refractivity contribution >= 4 is 18.1 Å². The standard InChI is InChI=1S/C26H20BF12/c1-5-8-25(4,27-26(6-2,7-3)12-18(33)22(37)24(39)23(38)19(12)34)11-13(28)9-10(14(29)17(11)32)16(31)21(36)20(35)15(9)30/h5-8H2,1-4H3. The first-order chi connectivity index (χ1) is 18.1. The number of rotatable bonds is 8. The van der Waals surface area contributed by atoms with Crippen LogP contribution in [0, 0.1) is 69.8 Å². The van der Waals surface area contributed by atoms with Crippen molar-refractivity contribution in [1.29, 1.82) is 0 Å². The quantitative estimate of drug-likeness (QED) is 0.110. The van der Waals surface area contributed by atoms with Crippen LogP contribution in [0.5, 0.6) is 0 Å². The van der Waals surface area contributed by atoms with Crippen LogP contribution in [0.3, 0.4) is 0 Å². The van der Waals surface area contributed by atoms with Gasteiger partial charge in [-0.1, -0.05) is 53.4 Å². The van der Waals surface area contributed by atoms with Crippen molar-refractivity contribution in [1.82, 2.24) is 0 Å². The van der Waals surface area contributed by atoms with Gasteiger partial charge in [-0.3, -0.25) is 0 Å². The topological polar surface area (TPSA) is 0 Å². The van der Waals surface area contributed by atoms with Crippen molar-refractivity contribution in [3.8, 4) is 0 Å². The Kier molecular flexibility index (Phi) is 8.35. The molecule has 0 aromatic heterocycles. The zero-order valence-electron chi connectivity index (χ0n) is 20.9. The van der Waals surface area contributed by atoms with Gasteiger partial charge in [-0.25, -0.2) is 52.7 Å². The largest absolute Gasteiger partial charge is 0.206 e. The van der Waals surface area contributed by atoms with E-state index in [2.05, 4.69) is 0 Å². The van der Waals surface area contributed by atoms with Crippen molar-refractivity contribution in [3.63, 3.8) is 0 Å². The third-order valence-electron chi connectivity index (χ3n) is 7.24. The van der Waals surface area contributed by atoms with Crippen LogP contribution in [-0.2, 0) is 10.6 Å². The maximum Gasteiger partial charge on any atom is 0.200 e. The van der Waals surface area contributed by atoms with Gasteiger partial charge in [-0.05, 0) is 10.6 Å². The second-order valence-electron chi connectivity index (χ2n) is 9.44. The number of benzene rings is 3. The molecule has 0 bridgehead atoms. The Balaban J connectivity index is 2.45. The lowest BCUT2D eigenvalue weighted by Gasteiger charge is -2.42. The van der Waals surface area contributed by atoms with Gasteiger partial charge in [-0.2, -0.15) is 0 Å². The summed E-state index contributed by atoms with van der Waals surface area (Å²) in [5.74, 6) is -27.6. The van der Waals surface area contributed by atoms with Gasteiger partial charge in [-0.15, -0.1) is 0 Å². The van der Waals surface area contributed by atoms with E-state index < -0.39 is 115 Å². The fourth-order valence-electron chi connectivity index (χ4n) is 5.31. The van der Waals surface area contributed by atoms with Gasteiger partial charge >= 0.3 is 0 Å². The average molecular weight is 571 g/mol. The summed E-state index contributed by atoms with van der Waals surface area (Å²) >= 11 is 0. The van der Waals surface area contributed by atoms with Crippen molar-refractivity contribution in [2.75, 3.05) is 0 Å². The van der Waals surface area contributed by atoms with Crippen LogP contribution >= 0.6 is 0 Å². The number of hydrogen-bond acceptors (Lipinski definition) is 0. The first-order valence-corrected chi connectivity index (χ1v) is 11.8. The summed E-state index contributed by atoms with van der Waals surface area (Å²) in [6.07, 6.45) is -1.16. The van der Waals surface area contributed by atoms with E-state index in [9.17, 15) is 39.5 Å². The fourth-order valence-corrected chi connectivity index (χ4v) is 5.31. The van der Waals surface area contributed by atoms with Crippen LogP contribution in [0.1, 0.15) is 64.5 Å². The van der Waals surface area contributed by atoms with Gasteiger partial charge in [0.1, 0.15) is 13.1 Å². The molecule has 1 unspecified atom stereocenters. The van der Waals surface area contributed by atoms with Crippen LogP contribution in [0.4, 0.5) is 52.7 Å². The lowest BCUT2D eigenvalue weighted by atomic mass is 9.34. The summed E-state index contributed by atoms with van der Waals surface area (Å²) in [6.45, 7) is 5.05. The molecule has 0 fully saturated rings. The molecule has 13 heteroatoms. The first-order valence-electron chi connectivity index (χ1n) is 11.8. The molecule has 0 amide bonds. The average Bonchev–Trinajstić information content (AvgIpc) is 2.89. The predicted molar refractivity (Wildman–Crippen MR) is 120 cm³/mol. The molecule has 0 heterocycles. The summed E-state index contributed by atoms with van der Waals surface area (Å²) in [5.41, 5.74) is -2.66. The van der Waals surface area contributed by atoms with Crippen molar-refractivity contribution in [2.24, 2.45) is 0 Å². The highest BCUT2D eigenvalue weighted by Gasteiger charge is 2.47. The Morgan fingerprint density at radius 2 is 0.795 bits per heavy atom. The van der Waals surface area contributed by atoms with Crippen LogP contribution in [-0.4, -0.2) is 7.28 Å². The minimum atomic E-state index is -2.52. The Labute approximate surface area is 216 Å². The van der Waals surface area contributed by atoms with E-state index in [1.807, 2.05) is 0 Å². The van der Waals surface area contributed by atoms with Gasteiger partial charge in [0.2, 0.25) is 5.82 Å². The van der Waals surface area contributed by atoms with Crippen LogP contribution in [0.25, 0.3) is 10.8 Å². The van der Waals surface area contributed by atoms with E-state index in [-0.39, 0.29) is 12.8 Å². The number of fused-ring (bicyclic) bond motifs is 1. The van der Waals surface area contributed by atoms with Crippen molar-refractivity contribution in [3.05, 3.63) is 80.9 Å². The summed E-state index contributed by atoms with van der Waals surface area (Å²) in [5, 5.41) is -7.93. The second kappa shape index (κ2) is 10.6. The fraction of sp³-hybridized carbons (Fsp3) is 0.385. The smallest absolute Gasteiger partial charge is 0.200 e. The minimum absolute atomic E-state index is 0.0147. The maximum absolute atomic E-state index is 15.8. The summed E-state index contributed by atoms with van der Waals surface area (Å²) in [4.78, 5) is 0. The Bertz CT molecular complexity index is 1440. The third kappa shape index (κ3) is 4.45.